The molecule has 0 aliphatic rings. The number of hydrogen-bond acceptors (Lipinski definition) is 4. The number of benzene rings is 2. The van der Waals surface area contributed by atoms with Gasteiger partial charge in [0.25, 0.3) is 0 Å². The lowest BCUT2D eigenvalue weighted by Gasteiger charge is -2.20. The lowest BCUT2D eigenvalue weighted by molar-refractivity contribution is -0.122. The molecule has 3 N–H and O–H groups in total. The first kappa shape index (κ1) is 20.9. The number of aryl methyl sites for hydroxylation is 1. The van der Waals surface area contributed by atoms with Crippen LogP contribution >= 0.6 is 12.2 Å². The van der Waals surface area contributed by atoms with Crippen LogP contribution < -0.4 is 5.32 Å². The van der Waals surface area contributed by atoms with Gasteiger partial charge < -0.3 is 10.4 Å². The molecular weight excluding hydrogens is 391 g/mol. The van der Waals surface area contributed by atoms with Gasteiger partial charge in [0.1, 0.15) is 5.82 Å². The van der Waals surface area contributed by atoms with E-state index < -0.39 is 12.1 Å². The molecule has 8 heteroatoms. The van der Waals surface area contributed by atoms with E-state index >= 15 is 0 Å². The number of aliphatic hydroxyl groups is 1. The lowest BCUT2D eigenvalue weighted by Crippen LogP contribution is -2.37. The highest BCUT2D eigenvalue weighted by Gasteiger charge is 2.19. The second-order valence-electron chi connectivity index (χ2n) is 6.97. The van der Waals surface area contributed by atoms with Gasteiger partial charge in [-0.15, -0.1) is 0 Å². The Morgan fingerprint density at radius 1 is 1.24 bits per heavy atom. The van der Waals surface area contributed by atoms with Gasteiger partial charge in [0.2, 0.25) is 5.91 Å². The lowest BCUT2D eigenvalue weighted by atomic mass is 10.0. The van der Waals surface area contributed by atoms with E-state index in [4.69, 9.17) is 12.2 Å². The molecule has 0 saturated heterocycles. The summed E-state index contributed by atoms with van der Waals surface area (Å²) in [4.78, 5) is 12.4. The van der Waals surface area contributed by atoms with Crippen molar-refractivity contribution < 1.29 is 14.3 Å². The highest BCUT2D eigenvalue weighted by Crippen LogP contribution is 2.19. The first-order valence-electron chi connectivity index (χ1n) is 9.30. The molecule has 152 valence electrons. The molecule has 2 atom stereocenters. The molecule has 1 aromatic heterocycles. The van der Waals surface area contributed by atoms with Crippen LogP contribution in [0.3, 0.4) is 0 Å². The van der Waals surface area contributed by atoms with E-state index in [0.29, 0.717) is 22.7 Å². The SMILES string of the molecule is Cc1ccc(-c2n[nH]c(=S)n2CCC(=O)NC(C)C(O)c2ccc(F)cc2)cc1. The zero-order valence-electron chi connectivity index (χ0n) is 16.2. The summed E-state index contributed by atoms with van der Waals surface area (Å²) in [5.41, 5.74) is 2.59. The number of halogens is 1. The van der Waals surface area contributed by atoms with Crippen LogP contribution in [-0.4, -0.2) is 31.8 Å². The first-order chi connectivity index (χ1) is 13.8. The molecule has 2 aromatic carbocycles. The minimum Gasteiger partial charge on any atom is -0.386 e. The van der Waals surface area contributed by atoms with E-state index in [1.165, 1.54) is 24.3 Å². The molecule has 0 aliphatic carbocycles. The quantitative estimate of drug-likeness (QED) is 0.515. The maximum Gasteiger partial charge on any atom is 0.222 e. The molecular formula is C21H23FN4O2S. The molecule has 0 saturated carbocycles. The number of carbonyl (C=O) groups is 1. The second-order valence-corrected chi connectivity index (χ2v) is 7.36. The van der Waals surface area contributed by atoms with Crippen LogP contribution in [0.1, 0.15) is 30.6 Å². The van der Waals surface area contributed by atoms with Crippen molar-refractivity contribution in [3.63, 3.8) is 0 Å². The molecule has 0 fully saturated rings. The first-order valence-corrected chi connectivity index (χ1v) is 9.71. The van der Waals surface area contributed by atoms with Crippen LogP contribution in [0.2, 0.25) is 0 Å². The summed E-state index contributed by atoms with van der Waals surface area (Å²) in [6.45, 7) is 4.06. The van der Waals surface area contributed by atoms with Gasteiger partial charge in [-0.2, -0.15) is 5.10 Å². The molecule has 29 heavy (non-hydrogen) atoms. The van der Waals surface area contributed by atoms with Crippen LogP contribution in [0.15, 0.2) is 48.5 Å². The number of aliphatic hydroxyl groups excluding tert-OH is 1. The van der Waals surface area contributed by atoms with Gasteiger partial charge in [-0.3, -0.25) is 14.5 Å². The summed E-state index contributed by atoms with van der Waals surface area (Å²) in [6, 6.07) is 12.9. The summed E-state index contributed by atoms with van der Waals surface area (Å²) in [7, 11) is 0. The summed E-state index contributed by atoms with van der Waals surface area (Å²) >= 11 is 5.30. The third kappa shape index (κ3) is 5.16. The van der Waals surface area contributed by atoms with Crippen LogP contribution in [0, 0.1) is 17.5 Å². The fourth-order valence-electron chi connectivity index (χ4n) is 3.02. The van der Waals surface area contributed by atoms with Crippen molar-refractivity contribution in [1.82, 2.24) is 20.1 Å². The molecule has 1 heterocycles. The van der Waals surface area contributed by atoms with Gasteiger partial charge >= 0.3 is 0 Å². The van der Waals surface area contributed by atoms with Crippen LogP contribution in [0.4, 0.5) is 4.39 Å². The van der Waals surface area contributed by atoms with E-state index in [1.807, 2.05) is 31.2 Å². The average molecular weight is 415 g/mol. The van der Waals surface area contributed by atoms with Gasteiger partial charge in [0.15, 0.2) is 10.6 Å². The maximum atomic E-state index is 13.0. The number of hydrogen-bond donors (Lipinski definition) is 3. The molecule has 0 aliphatic heterocycles. The number of carbonyl (C=O) groups excluding carboxylic acids is 1. The van der Waals surface area contributed by atoms with Gasteiger partial charge in [-0.25, -0.2) is 4.39 Å². The number of rotatable bonds is 7. The number of nitrogens with one attached hydrogen (secondary N) is 2. The van der Waals surface area contributed by atoms with E-state index in [9.17, 15) is 14.3 Å². The standard InChI is InChI=1S/C21H23FN4O2S/c1-13-3-5-16(6-4-13)20-24-25-21(29)26(20)12-11-18(27)23-14(2)19(28)15-7-9-17(22)10-8-15/h3-10,14,19,28H,11-12H2,1-2H3,(H,23,27)(H,25,29). The molecule has 2 unspecified atom stereocenters. The summed E-state index contributed by atoms with van der Waals surface area (Å²) in [6.07, 6.45) is -0.758. The summed E-state index contributed by atoms with van der Waals surface area (Å²) in [5, 5.41) is 20.2. The Bertz CT molecular complexity index is 1030. The number of amides is 1. The number of aromatic amines is 1. The molecule has 1 amide bonds. The van der Waals surface area contributed by atoms with Crippen molar-refractivity contribution in [3.05, 3.63) is 70.2 Å². The smallest absolute Gasteiger partial charge is 0.222 e. The fraction of sp³-hybridized carbons (Fsp3) is 0.286. The Hall–Kier alpha value is -2.84. The molecule has 3 aromatic rings. The monoisotopic (exact) mass is 414 g/mol. The van der Waals surface area contributed by atoms with Gasteiger partial charge in [0.05, 0.1) is 12.1 Å². The zero-order valence-corrected chi connectivity index (χ0v) is 17.0. The van der Waals surface area contributed by atoms with Crippen LogP contribution in [-0.2, 0) is 11.3 Å². The third-order valence-corrected chi connectivity index (χ3v) is 5.02. The molecule has 3 rings (SSSR count). The Kier molecular flexibility index (Phi) is 6.56. The predicted octanol–water partition coefficient (Wildman–Crippen LogP) is 3.68. The zero-order chi connectivity index (χ0) is 21.0. The highest BCUT2D eigenvalue weighted by molar-refractivity contribution is 7.71. The number of aromatic nitrogens is 3. The largest absolute Gasteiger partial charge is 0.386 e. The van der Waals surface area contributed by atoms with Crippen LogP contribution in [0.25, 0.3) is 11.4 Å². The Morgan fingerprint density at radius 3 is 2.55 bits per heavy atom. The topological polar surface area (TPSA) is 82.9 Å². The van der Waals surface area contributed by atoms with E-state index in [1.54, 1.807) is 11.5 Å². The maximum absolute atomic E-state index is 13.0. The second kappa shape index (κ2) is 9.11. The van der Waals surface area contributed by atoms with Gasteiger partial charge in [-0.05, 0) is 43.8 Å². The third-order valence-electron chi connectivity index (χ3n) is 4.70. The summed E-state index contributed by atoms with van der Waals surface area (Å²) in [5.74, 6) is 0.0673. The molecule has 0 bridgehead atoms. The van der Waals surface area contributed by atoms with Crippen LogP contribution in [0.5, 0.6) is 0 Å². The Balaban J connectivity index is 1.62. The highest BCUT2D eigenvalue weighted by atomic mass is 32.1. The Morgan fingerprint density at radius 2 is 1.90 bits per heavy atom. The molecule has 6 nitrogen and oxygen atoms in total. The average Bonchev–Trinajstić information content (AvgIpc) is 3.07. The van der Waals surface area contributed by atoms with E-state index in [2.05, 4.69) is 15.5 Å². The van der Waals surface area contributed by atoms with Gasteiger partial charge in [-0.1, -0.05) is 42.0 Å². The van der Waals surface area contributed by atoms with Crippen molar-refractivity contribution >= 4 is 18.1 Å². The minimum atomic E-state index is -0.932. The fourth-order valence-corrected chi connectivity index (χ4v) is 3.24. The normalized spacial score (nSPS) is 13.1. The Labute approximate surface area is 173 Å². The minimum absolute atomic E-state index is 0.174. The molecule has 0 spiro atoms. The van der Waals surface area contributed by atoms with Crippen molar-refractivity contribution in [2.45, 2.75) is 39.0 Å². The predicted molar refractivity (Wildman–Crippen MR) is 111 cm³/mol. The number of H-pyrrole nitrogens is 1. The van der Waals surface area contributed by atoms with Gasteiger partial charge in [0, 0.05) is 18.5 Å². The van der Waals surface area contributed by atoms with E-state index in [-0.39, 0.29) is 18.1 Å². The summed E-state index contributed by atoms with van der Waals surface area (Å²) < 4.78 is 15.3. The van der Waals surface area contributed by atoms with Crippen molar-refractivity contribution in [3.8, 4) is 11.4 Å². The van der Waals surface area contributed by atoms with Crippen molar-refractivity contribution in [2.24, 2.45) is 0 Å². The molecule has 0 radical (unpaired) electrons. The van der Waals surface area contributed by atoms with Crippen molar-refractivity contribution in [1.29, 1.82) is 0 Å². The number of nitrogens with zero attached hydrogens (tertiary/aromatic N) is 2. The van der Waals surface area contributed by atoms with E-state index in [0.717, 1.165) is 11.1 Å². The van der Waals surface area contributed by atoms with Crippen molar-refractivity contribution in [2.75, 3.05) is 0 Å².